The Morgan fingerprint density at radius 2 is 1.88 bits per heavy atom. The third-order valence-corrected chi connectivity index (χ3v) is 5.99. The Bertz CT molecular complexity index is 1110. The third-order valence-electron chi connectivity index (χ3n) is 4.62. The van der Waals surface area contributed by atoms with Crippen LogP contribution in [-0.4, -0.2) is 19.3 Å². The highest BCUT2D eigenvalue weighted by molar-refractivity contribution is 7.92. The van der Waals surface area contributed by atoms with E-state index >= 15 is 0 Å². The number of carbonyl (C=O) groups is 1. The van der Waals surface area contributed by atoms with Gasteiger partial charge in [-0.2, -0.15) is 0 Å². The predicted molar refractivity (Wildman–Crippen MR) is 97.2 cm³/mol. The molecule has 25 heavy (non-hydrogen) atoms. The number of benzene rings is 2. The van der Waals surface area contributed by atoms with Crippen molar-refractivity contribution in [3.8, 4) is 0 Å². The summed E-state index contributed by atoms with van der Waals surface area (Å²) in [6.07, 6.45) is 1.76. The Kier molecular flexibility index (Phi) is 3.20. The molecule has 0 spiro atoms. The number of hydrogen-bond donors (Lipinski definition) is 3. The van der Waals surface area contributed by atoms with Crippen LogP contribution in [-0.2, 0) is 20.2 Å². The molecule has 0 saturated heterocycles. The maximum Gasteiger partial charge on any atom is 0.261 e. The molecule has 1 aliphatic heterocycles. The number of carbonyl (C=O) groups excluding carboxylic acids is 1. The number of aromatic nitrogens is 1. The third kappa shape index (κ3) is 2.39. The molecule has 0 bridgehead atoms. The number of fused-ring (bicyclic) bond motifs is 2. The normalized spacial score (nSPS) is 15.8. The summed E-state index contributed by atoms with van der Waals surface area (Å²) in [5, 5.41) is 3.70. The molecule has 0 aliphatic carbocycles. The molecule has 2 aromatic carbocycles. The summed E-state index contributed by atoms with van der Waals surface area (Å²) in [4.78, 5) is 15.2. The summed E-state index contributed by atoms with van der Waals surface area (Å²) in [5.41, 5.74) is 1.78. The SMILES string of the molecule is CC1(C)C(=O)Nc2ccc(S(=O)(=O)Nc3cccc4cc[nH]c34)cc21. The van der Waals surface area contributed by atoms with Crippen molar-refractivity contribution in [3.63, 3.8) is 0 Å². The first-order valence-corrected chi connectivity index (χ1v) is 9.32. The molecule has 4 rings (SSSR count). The number of H-pyrrole nitrogens is 1. The fourth-order valence-corrected chi connectivity index (χ4v) is 4.19. The molecule has 0 fully saturated rings. The smallest absolute Gasteiger partial charge is 0.261 e. The zero-order valence-electron chi connectivity index (χ0n) is 13.8. The van der Waals surface area contributed by atoms with Gasteiger partial charge in [-0.05, 0) is 49.7 Å². The molecule has 1 amide bonds. The minimum absolute atomic E-state index is 0.124. The second-order valence-corrected chi connectivity index (χ2v) is 8.32. The standard InChI is InChI=1S/C18H17N3O3S/c1-18(2)13-10-12(6-7-14(13)20-17(18)22)25(23,24)21-15-5-3-4-11-8-9-19-16(11)15/h3-10,19,21H,1-2H3,(H,20,22). The molecule has 0 unspecified atom stereocenters. The van der Waals surface area contributed by atoms with Gasteiger partial charge in [0, 0.05) is 17.3 Å². The molecule has 3 aromatic rings. The predicted octanol–water partition coefficient (Wildman–Crippen LogP) is 3.20. The van der Waals surface area contributed by atoms with Crippen LogP contribution in [0.4, 0.5) is 11.4 Å². The second-order valence-electron chi connectivity index (χ2n) is 6.64. The zero-order chi connectivity index (χ0) is 17.8. The number of para-hydroxylation sites is 1. The van der Waals surface area contributed by atoms with Crippen molar-refractivity contribution < 1.29 is 13.2 Å². The lowest BCUT2D eigenvalue weighted by molar-refractivity contribution is -0.119. The van der Waals surface area contributed by atoms with E-state index in [1.807, 2.05) is 12.1 Å². The first kappa shape index (κ1) is 15.7. The molecule has 0 saturated carbocycles. The van der Waals surface area contributed by atoms with Crippen LogP contribution in [0.3, 0.4) is 0 Å². The first-order valence-electron chi connectivity index (χ1n) is 7.84. The lowest BCUT2D eigenvalue weighted by Gasteiger charge is -2.16. The van der Waals surface area contributed by atoms with Crippen molar-refractivity contribution in [2.75, 3.05) is 10.0 Å². The molecule has 3 N–H and O–H groups in total. The van der Waals surface area contributed by atoms with Gasteiger partial charge < -0.3 is 10.3 Å². The van der Waals surface area contributed by atoms with Crippen molar-refractivity contribution in [1.29, 1.82) is 0 Å². The summed E-state index contributed by atoms with van der Waals surface area (Å²) < 4.78 is 28.3. The minimum atomic E-state index is -3.78. The lowest BCUT2D eigenvalue weighted by atomic mass is 9.86. The van der Waals surface area contributed by atoms with Gasteiger partial charge in [-0.15, -0.1) is 0 Å². The summed E-state index contributed by atoms with van der Waals surface area (Å²) in [6.45, 7) is 3.55. The number of amides is 1. The van der Waals surface area contributed by atoms with Gasteiger partial charge in [-0.25, -0.2) is 8.42 Å². The monoisotopic (exact) mass is 355 g/mol. The van der Waals surface area contributed by atoms with Gasteiger partial charge in [0.15, 0.2) is 0 Å². The van der Waals surface area contributed by atoms with E-state index in [4.69, 9.17) is 0 Å². The summed E-state index contributed by atoms with van der Waals surface area (Å²) >= 11 is 0. The Balaban J connectivity index is 1.76. The van der Waals surface area contributed by atoms with Gasteiger partial charge in [0.05, 0.1) is 21.5 Å². The molecule has 128 valence electrons. The zero-order valence-corrected chi connectivity index (χ0v) is 14.6. The van der Waals surface area contributed by atoms with Crippen LogP contribution in [0, 0.1) is 0 Å². The van der Waals surface area contributed by atoms with E-state index in [9.17, 15) is 13.2 Å². The summed E-state index contributed by atoms with van der Waals surface area (Å²) in [5.74, 6) is -0.138. The molecule has 1 aromatic heterocycles. The lowest BCUT2D eigenvalue weighted by Crippen LogP contribution is -2.27. The Morgan fingerprint density at radius 1 is 1.08 bits per heavy atom. The fraction of sp³-hybridized carbons (Fsp3) is 0.167. The van der Waals surface area contributed by atoms with Gasteiger partial charge in [0.25, 0.3) is 10.0 Å². The van der Waals surface area contributed by atoms with Gasteiger partial charge in [0.1, 0.15) is 0 Å². The van der Waals surface area contributed by atoms with E-state index in [2.05, 4.69) is 15.0 Å². The topological polar surface area (TPSA) is 91.1 Å². The van der Waals surface area contributed by atoms with Crippen LogP contribution in [0.2, 0.25) is 0 Å². The number of hydrogen-bond acceptors (Lipinski definition) is 3. The van der Waals surface area contributed by atoms with Crippen molar-refractivity contribution in [2.24, 2.45) is 0 Å². The molecule has 7 heteroatoms. The molecular formula is C18H17N3O3S. The summed E-state index contributed by atoms with van der Waals surface area (Å²) in [6, 6.07) is 12.0. The van der Waals surface area contributed by atoms with Crippen LogP contribution >= 0.6 is 0 Å². The highest BCUT2D eigenvalue weighted by Crippen LogP contribution is 2.38. The van der Waals surface area contributed by atoms with E-state index in [0.29, 0.717) is 16.9 Å². The van der Waals surface area contributed by atoms with Crippen molar-refractivity contribution in [1.82, 2.24) is 4.98 Å². The molecular weight excluding hydrogens is 338 g/mol. The van der Waals surface area contributed by atoms with Crippen LogP contribution in [0.1, 0.15) is 19.4 Å². The van der Waals surface area contributed by atoms with E-state index in [-0.39, 0.29) is 10.8 Å². The maximum atomic E-state index is 12.8. The van der Waals surface area contributed by atoms with Crippen LogP contribution < -0.4 is 10.0 Å². The average Bonchev–Trinajstić information content (AvgIpc) is 3.11. The number of aromatic amines is 1. The van der Waals surface area contributed by atoms with E-state index in [0.717, 1.165) is 10.9 Å². The second kappa shape index (κ2) is 5.10. The minimum Gasteiger partial charge on any atom is -0.359 e. The van der Waals surface area contributed by atoms with Crippen molar-refractivity contribution in [2.45, 2.75) is 24.2 Å². The average molecular weight is 355 g/mol. The highest BCUT2D eigenvalue weighted by Gasteiger charge is 2.39. The maximum absolute atomic E-state index is 12.8. The van der Waals surface area contributed by atoms with Crippen molar-refractivity contribution >= 4 is 38.2 Å². The quantitative estimate of drug-likeness (QED) is 0.674. The molecule has 6 nitrogen and oxygen atoms in total. The van der Waals surface area contributed by atoms with E-state index in [1.165, 1.54) is 6.07 Å². The number of sulfonamides is 1. The highest BCUT2D eigenvalue weighted by atomic mass is 32.2. The summed E-state index contributed by atoms with van der Waals surface area (Å²) in [7, 11) is -3.78. The number of rotatable bonds is 3. The van der Waals surface area contributed by atoms with Gasteiger partial charge in [0.2, 0.25) is 5.91 Å². The first-order chi connectivity index (χ1) is 11.8. The fourth-order valence-electron chi connectivity index (χ4n) is 3.09. The van der Waals surface area contributed by atoms with Gasteiger partial charge >= 0.3 is 0 Å². The largest absolute Gasteiger partial charge is 0.359 e. The van der Waals surface area contributed by atoms with Crippen molar-refractivity contribution in [3.05, 3.63) is 54.2 Å². The van der Waals surface area contributed by atoms with E-state index in [1.54, 1.807) is 44.3 Å². The van der Waals surface area contributed by atoms with E-state index < -0.39 is 15.4 Å². The molecule has 0 atom stereocenters. The molecule has 2 heterocycles. The number of nitrogens with one attached hydrogen (secondary N) is 3. The van der Waals surface area contributed by atoms with Crippen LogP contribution in [0.15, 0.2) is 53.6 Å². The van der Waals surface area contributed by atoms with Crippen LogP contribution in [0.25, 0.3) is 10.9 Å². The van der Waals surface area contributed by atoms with Gasteiger partial charge in [-0.3, -0.25) is 9.52 Å². The Morgan fingerprint density at radius 3 is 2.68 bits per heavy atom. The van der Waals surface area contributed by atoms with Crippen LogP contribution in [0.5, 0.6) is 0 Å². The Hall–Kier alpha value is -2.80. The van der Waals surface area contributed by atoms with Gasteiger partial charge in [-0.1, -0.05) is 12.1 Å². The molecule has 0 radical (unpaired) electrons. The number of anilines is 2. The Labute approximate surface area is 145 Å². The molecule has 1 aliphatic rings.